The molecule has 0 spiro atoms. The van der Waals surface area contributed by atoms with Crippen LogP contribution in [0.3, 0.4) is 0 Å². The zero-order valence-corrected chi connectivity index (χ0v) is 17.4. The molecule has 1 unspecified atom stereocenters. The Morgan fingerprint density at radius 3 is 2.79 bits per heavy atom. The zero-order valence-electron chi connectivity index (χ0n) is 15.0. The summed E-state index contributed by atoms with van der Waals surface area (Å²) >= 11 is 8.66. The first kappa shape index (κ1) is 20.3. The first-order chi connectivity index (χ1) is 13.4. The Kier molecular flexibility index (Phi) is 6.65. The highest BCUT2D eigenvalue weighted by Crippen LogP contribution is 2.24. The standard InChI is InChI=1S/C17H17ClN6O2S2/c1-10(15(26)21-16-19-7-8-27-16)28-17-23-22-13(24(17)2)9-14(25)20-12-6-4-3-5-11(12)18/h3-8,10H,9H2,1-2H3,(H,20,25)(H,19,21,26). The third kappa shape index (κ3) is 5.09. The normalized spacial score (nSPS) is 11.8. The van der Waals surface area contributed by atoms with Crippen LogP contribution in [0.2, 0.25) is 5.02 Å². The van der Waals surface area contributed by atoms with E-state index in [0.717, 1.165) is 0 Å². The maximum Gasteiger partial charge on any atom is 0.239 e. The topological polar surface area (TPSA) is 102 Å². The van der Waals surface area contributed by atoms with Gasteiger partial charge < -0.3 is 15.2 Å². The highest BCUT2D eigenvalue weighted by atomic mass is 35.5. The van der Waals surface area contributed by atoms with Gasteiger partial charge in [-0.25, -0.2) is 4.98 Å². The number of rotatable bonds is 7. The van der Waals surface area contributed by atoms with E-state index in [0.29, 0.717) is 26.8 Å². The Hall–Kier alpha value is -2.43. The molecule has 2 N–H and O–H groups in total. The van der Waals surface area contributed by atoms with Gasteiger partial charge in [0, 0.05) is 18.6 Å². The van der Waals surface area contributed by atoms with Gasteiger partial charge in [-0.05, 0) is 19.1 Å². The number of nitrogens with zero attached hydrogens (tertiary/aromatic N) is 4. The number of halogens is 1. The predicted octanol–water partition coefficient (Wildman–Crippen LogP) is 3.23. The summed E-state index contributed by atoms with van der Waals surface area (Å²) in [6.45, 7) is 1.77. The van der Waals surface area contributed by atoms with Crippen molar-refractivity contribution in [2.75, 3.05) is 10.6 Å². The van der Waals surface area contributed by atoms with Crippen molar-refractivity contribution in [1.29, 1.82) is 0 Å². The number of aromatic nitrogens is 4. The summed E-state index contributed by atoms with van der Waals surface area (Å²) in [4.78, 5) is 28.6. The summed E-state index contributed by atoms with van der Waals surface area (Å²) in [5, 5.41) is 16.6. The lowest BCUT2D eigenvalue weighted by Crippen LogP contribution is -2.22. The minimum absolute atomic E-state index is 0.0367. The SMILES string of the molecule is CC(Sc1nnc(CC(=O)Nc2ccccc2Cl)n1C)C(=O)Nc1nccs1. The monoisotopic (exact) mass is 436 g/mol. The molecule has 146 valence electrons. The summed E-state index contributed by atoms with van der Waals surface area (Å²) in [6.07, 6.45) is 1.66. The number of carbonyl (C=O) groups excluding carboxylic acids is 2. The maximum absolute atomic E-state index is 12.3. The number of anilines is 2. The molecule has 11 heteroatoms. The molecule has 3 aromatic rings. The van der Waals surface area contributed by atoms with Crippen LogP contribution in [-0.2, 0) is 23.1 Å². The lowest BCUT2D eigenvalue weighted by Gasteiger charge is -2.10. The van der Waals surface area contributed by atoms with Crippen molar-refractivity contribution in [3.63, 3.8) is 0 Å². The third-order valence-electron chi connectivity index (χ3n) is 3.71. The summed E-state index contributed by atoms with van der Waals surface area (Å²) < 4.78 is 1.70. The summed E-state index contributed by atoms with van der Waals surface area (Å²) in [5.41, 5.74) is 0.540. The van der Waals surface area contributed by atoms with E-state index in [-0.39, 0.29) is 18.2 Å². The van der Waals surface area contributed by atoms with E-state index in [1.807, 2.05) is 0 Å². The second kappa shape index (κ2) is 9.18. The average Bonchev–Trinajstić information content (AvgIpc) is 3.29. The molecule has 1 aromatic carbocycles. The lowest BCUT2D eigenvalue weighted by molar-refractivity contribution is -0.116. The van der Waals surface area contributed by atoms with Gasteiger partial charge in [0.25, 0.3) is 0 Å². The number of amides is 2. The average molecular weight is 437 g/mol. The van der Waals surface area contributed by atoms with Crippen molar-refractivity contribution in [1.82, 2.24) is 19.7 Å². The fourth-order valence-electron chi connectivity index (χ4n) is 2.21. The second-order valence-corrected chi connectivity index (χ2v) is 8.36. The number of para-hydroxylation sites is 1. The molecule has 0 aliphatic rings. The Morgan fingerprint density at radius 1 is 1.29 bits per heavy atom. The molecule has 0 bridgehead atoms. The summed E-state index contributed by atoms with van der Waals surface area (Å²) in [7, 11) is 1.76. The molecular formula is C17H17ClN6O2S2. The van der Waals surface area contributed by atoms with E-state index in [1.165, 1.54) is 23.1 Å². The Labute approximate surface area is 174 Å². The lowest BCUT2D eigenvalue weighted by atomic mass is 10.3. The number of hydrogen-bond donors (Lipinski definition) is 2. The van der Waals surface area contributed by atoms with Gasteiger partial charge in [0.1, 0.15) is 5.82 Å². The van der Waals surface area contributed by atoms with Gasteiger partial charge in [-0.15, -0.1) is 21.5 Å². The van der Waals surface area contributed by atoms with E-state index >= 15 is 0 Å². The molecule has 28 heavy (non-hydrogen) atoms. The van der Waals surface area contributed by atoms with Crippen molar-refractivity contribution in [2.45, 2.75) is 23.8 Å². The number of carbonyl (C=O) groups is 2. The van der Waals surface area contributed by atoms with E-state index < -0.39 is 5.25 Å². The molecule has 0 saturated carbocycles. The van der Waals surface area contributed by atoms with E-state index in [1.54, 1.807) is 54.4 Å². The number of hydrogen-bond acceptors (Lipinski definition) is 7. The van der Waals surface area contributed by atoms with Gasteiger partial charge >= 0.3 is 0 Å². The zero-order chi connectivity index (χ0) is 20.1. The molecule has 0 saturated heterocycles. The first-order valence-electron chi connectivity index (χ1n) is 8.23. The van der Waals surface area contributed by atoms with E-state index in [9.17, 15) is 9.59 Å². The van der Waals surface area contributed by atoms with Crippen molar-refractivity contribution in [3.05, 3.63) is 46.7 Å². The highest BCUT2D eigenvalue weighted by Gasteiger charge is 2.20. The van der Waals surface area contributed by atoms with Crippen LogP contribution in [0.25, 0.3) is 0 Å². The fourth-order valence-corrected chi connectivity index (χ4v) is 3.75. The maximum atomic E-state index is 12.3. The molecule has 3 rings (SSSR count). The Balaban J connectivity index is 1.59. The molecule has 0 aliphatic carbocycles. The Bertz CT molecular complexity index is 976. The van der Waals surface area contributed by atoms with E-state index in [2.05, 4.69) is 25.8 Å². The van der Waals surface area contributed by atoms with Crippen molar-refractivity contribution in [2.24, 2.45) is 7.05 Å². The minimum Gasteiger partial charge on any atom is -0.324 e. The molecule has 0 aliphatic heterocycles. The molecule has 1 atom stereocenters. The van der Waals surface area contributed by atoms with Crippen LogP contribution >= 0.6 is 34.7 Å². The van der Waals surface area contributed by atoms with E-state index in [4.69, 9.17) is 11.6 Å². The molecule has 2 amide bonds. The molecule has 2 heterocycles. The van der Waals surface area contributed by atoms with Crippen molar-refractivity contribution in [3.8, 4) is 0 Å². The van der Waals surface area contributed by atoms with Gasteiger partial charge in [-0.2, -0.15) is 0 Å². The molecule has 2 aromatic heterocycles. The molecule has 8 nitrogen and oxygen atoms in total. The fraction of sp³-hybridized carbons (Fsp3) is 0.235. The molecule has 0 radical (unpaired) electrons. The minimum atomic E-state index is -0.406. The third-order valence-corrected chi connectivity index (χ3v) is 5.86. The molecule has 0 fully saturated rings. The van der Waals surface area contributed by atoms with Crippen LogP contribution in [0, 0.1) is 0 Å². The van der Waals surface area contributed by atoms with Crippen molar-refractivity contribution >= 4 is 57.3 Å². The summed E-state index contributed by atoms with van der Waals surface area (Å²) in [5.74, 6) is 0.0512. The highest BCUT2D eigenvalue weighted by molar-refractivity contribution is 8.00. The number of benzene rings is 1. The second-order valence-electron chi connectivity index (χ2n) is 5.75. The van der Waals surface area contributed by atoms with Crippen LogP contribution in [0.4, 0.5) is 10.8 Å². The number of thioether (sulfide) groups is 1. The van der Waals surface area contributed by atoms with Crippen LogP contribution < -0.4 is 10.6 Å². The largest absolute Gasteiger partial charge is 0.324 e. The van der Waals surface area contributed by atoms with Crippen LogP contribution in [0.1, 0.15) is 12.7 Å². The van der Waals surface area contributed by atoms with Gasteiger partial charge in [0.15, 0.2) is 10.3 Å². The van der Waals surface area contributed by atoms with Crippen LogP contribution in [-0.4, -0.2) is 36.8 Å². The number of thiazole rings is 1. The summed E-state index contributed by atoms with van der Waals surface area (Å²) in [6, 6.07) is 7.00. The van der Waals surface area contributed by atoms with Crippen molar-refractivity contribution < 1.29 is 9.59 Å². The Morgan fingerprint density at radius 2 is 2.07 bits per heavy atom. The first-order valence-corrected chi connectivity index (χ1v) is 10.4. The van der Waals surface area contributed by atoms with Gasteiger partial charge in [0.05, 0.1) is 22.4 Å². The molecular weight excluding hydrogens is 420 g/mol. The quantitative estimate of drug-likeness (QED) is 0.551. The van der Waals surface area contributed by atoms with Crippen LogP contribution in [0.15, 0.2) is 41.0 Å². The van der Waals surface area contributed by atoms with Gasteiger partial charge in [-0.3, -0.25) is 9.59 Å². The van der Waals surface area contributed by atoms with Gasteiger partial charge in [-0.1, -0.05) is 35.5 Å². The number of nitrogens with one attached hydrogen (secondary N) is 2. The van der Waals surface area contributed by atoms with Crippen LogP contribution in [0.5, 0.6) is 0 Å². The van der Waals surface area contributed by atoms with Gasteiger partial charge in [0.2, 0.25) is 11.8 Å². The predicted molar refractivity (Wildman–Crippen MR) is 111 cm³/mol. The smallest absolute Gasteiger partial charge is 0.239 e.